The summed E-state index contributed by atoms with van der Waals surface area (Å²) in [6, 6.07) is 8.41. The van der Waals surface area contributed by atoms with Gasteiger partial charge in [0.25, 0.3) is 0 Å². The summed E-state index contributed by atoms with van der Waals surface area (Å²) < 4.78 is 5.70. The Morgan fingerprint density at radius 2 is 2.15 bits per heavy atom. The topological polar surface area (TPSA) is 21.3 Å². The summed E-state index contributed by atoms with van der Waals surface area (Å²) in [5, 5.41) is 3.43. The number of para-hydroxylation sites is 1. The van der Waals surface area contributed by atoms with Gasteiger partial charge in [0.2, 0.25) is 0 Å². The molecule has 2 atom stereocenters. The van der Waals surface area contributed by atoms with E-state index in [0.29, 0.717) is 11.8 Å². The van der Waals surface area contributed by atoms with E-state index < -0.39 is 0 Å². The van der Waals surface area contributed by atoms with E-state index in [1.54, 1.807) is 0 Å². The molecule has 1 aromatic carbocycles. The van der Waals surface area contributed by atoms with Gasteiger partial charge in [0.05, 0.1) is 6.61 Å². The lowest BCUT2D eigenvalue weighted by molar-refractivity contribution is 0.219. The Labute approximate surface area is 77.9 Å². The maximum atomic E-state index is 5.70. The highest BCUT2D eigenvalue weighted by Gasteiger charge is 2.34. The second kappa shape index (κ2) is 2.74. The van der Waals surface area contributed by atoms with Gasteiger partial charge >= 0.3 is 0 Å². The predicted molar refractivity (Wildman–Crippen MR) is 51.0 cm³/mol. The molecule has 0 spiro atoms. The van der Waals surface area contributed by atoms with Gasteiger partial charge in [-0.1, -0.05) is 18.2 Å². The number of fused-ring (bicyclic) bond motifs is 3. The van der Waals surface area contributed by atoms with Crippen LogP contribution in [0.25, 0.3) is 0 Å². The van der Waals surface area contributed by atoms with E-state index >= 15 is 0 Å². The first-order valence-electron chi connectivity index (χ1n) is 4.87. The molecule has 0 bridgehead atoms. The molecule has 0 amide bonds. The van der Waals surface area contributed by atoms with E-state index in [-0.39, 0.29) is 0 Å². The Morgan fingerprint density at radius 3 is 3.15 bits per heavy atom. The molecule has 0 radical (unpaired) electrons. The fraction of sp³-hybridized carbons (Fsp3) is 0.455. The van der Waals surface area contributed by atoms with Crippen LogP contribution in [0.4, 0.5) is 0 Å². The summed E-state index contributed by atoms with van der Waals surface area (Å²) in [6.45, 7) is 3.11. The van der Waals surface area contributed by atoms with E-state index in [9.17, 15) is 0 Å². The van der Waals surface area contributed by atoms with Gasteiger partial charge in [-0.15, -0.1) is 0 Å². The van der Waals surface area contributed by atoms with Crippen molar-refractivity contribution < 1.29 is 4.74 Å². The van der Waals surface area contributed by atoms with Crippen LogP contribution in [0.3, 0.4) is 0 Å². The molecule has 1 saturated heterocycles. The third-order valence-electron chi connectivity index (χ3n) is 3.11. The summed E-state index contributed by atoms with van der Waals surface area (Å²) >= 11 is 0. The first kappa shape index (κ1) is 7.39. The minimum absolute atomic E-state index is 0.685. The number of benzene rings is 1. The summed E-state index contributed by atoms with van der Waals surface area (Å²) in [7, 11) is 0. The lowest BCUT2D eigenvalue weighted by atomic mass is 9.87. The van der Waals surface area contributed by atoms with E-state index in [4.69, 9.17) is 4.74 Å². The fourth-order valence-corrected chi connectivity index (χ4v) is 2.39. The second-order valence-corrected chi connectivity index (χ2v) is 3.87. The zero-order valence-corrected chi connectivity index (χ0v) is 7.49. The SMILES string of the molecule is c1ccc2c(c1)OCC1CNCC21. The smallest absolute Gasteiger partial charge is 0.122 e. The molecule has 2 aliphatic rings. The molecule has 1 fully saturated rings. The number of hydrogen-bond donors (Lipinski definition) is 1. The highest BCUT2D eigenvalue weighted by molar-refractivity contribution is 5.39. The van der Waals surface area contributed by atoms with Crippen molar-refractivity contribution in [3.8, 4) is 5.75 Å². The number of rotatable bonds is 0. The standard InChI is InChI=1S/C11H13NO/c1-2-4-11-9(3-1)10-6-12-5-8(10)7-13-11/h1-4,8,10,12H,5-7H2. The molecular weight excluding hydrogens is 162 g/mol. The molecule has 2 heteroatoms. The van der Waals surface area contributed by atoms with Gasteiger partial charge in [0, 0.05) is 24.9 Å². The maximum Gasteiger partial charge on any atom is 0.122 e. The van der Waals surface area contributed by atoms with Crippen molar-refractivity contribution in [3.05, 3.63) is 29.8 Å². The molecule has 2 aliphatic heterocycles. The molecule has 68 valence electrons. The fourth-order valence-electron chi connectivity index (χ4n) is 2.39. The van der Waals surface area contributed by atoms with Gasteiger partial charge in [-0.25, -0.2) is 0 Å². The van der Waals surface area contributed by atoms with E-state index in [1.165, 1.54) is 5.56 Å². The van der Waals surface area contributed by atoms with Crippen LogP contribution in [-0.2, 0) is 0 Å². The number of ether oxygens (including phenoxy) is 1. The first-order chi connectivity index (χ1) is 6.45. The lowest BCUT2D eigenvalue weighted by Crippen LogP contribution is -2.24. The number of nitrogens with one attached hydrogen (secondary N) is 1. The first-order valence-corrected chi connectivity index (χ1v) is 4.87. The second-order valence-electron chi connectivity index (χ2n) is 3.87. The van der Waals surface area contributed by atoms with Gasteiger partial charge in [-0.2, -0.15) is 0 Å². The molecule has 2 heterocycles. The van der Waals surface area contributed by atoms with Crippen LogP contribution in [0.5, 0.6) is 5.75 Å². The summed E-state index contributed by atoms with van der Waals surface area (Å²) in [5.41, 5.74) is 1.39. The minimum atomic E-state index is 0.685. The summed E-state index contributed by atoms with van der Waals surface area (Å²) in [4.78, 5) is 0. The van der Waals surface area contributed by atoms with Crippen molar-refractivity contribution in [1.82, 2.24) is 5.32 Å². The molecule has 1 aromatic rings. The van der Waals surface area contributed by atoms with Gasteiger partial charge in [0.15, 0.2) is 0 Å². The van der Waals surface area contributed by atoms with E-state index in [0.717, 1.165) is 25.4 Å². The van der Waals surface area contributed by atoms with Crippen LogP contribution in [-0.4, -0.2) is 19.7 Å². The monoisotopic (exact) mass is 175 g/mol. The molecule has 2 unspecified atom stereocenters. The lowest BCUT2D eigenvalue weighted by Gasteiger charge is -2.27. The van der Waals surface area contributed by atoms with Gasteiger partial charge in [-0.05, 0) is 11.6 Å². The largest absolute Gasteiger partial charge is 0.493 e. The average Bonchev–Trinajstić information content (AvgIpc) is 2.65. The Morgan fingerprint density at radius 1 is 1.23 bits per heavy atom. The third-order valence-corrected chi connectivity index (χ3v) is 3.11. The molecular formula is C11H13NO. The Bertz CT molecular complexity index is 324. The highest BCUT2D eigenvalue weighted by Crippen LogP contribution is 2.38. The van der Waals surface area contributed by atoms with Gasteiger partial charge in [-0.3, -0.25) is 0 Å². The quantitative estimate of drug-likeness (QED) is 0.643. The normalized spacial score (nSPS) is 30.5. The number of hydrogen-bond acceptors (Lipinski definition) is 2. The molecule has 3 rings (SSSR count). The Balaban J connectivity index is 2.06. The summed E-state index contributed by atoms with van der Waals surface area (Å²) in [6.07, 6.45) is 0. The highest BCUT2D eigenvalue weighted by atomic mass is 16.5. The van der Waals surface area contributed by atoms with Crippen molar-refractivity contribution in [1.29, 1.82) is 0 Å². The molecule has 2 nitrogen and oxygen atoms in total. The van der Waals surface area contributed by atoms with Crippen LogP contribution in [0.2, 0.25) is 0 Å². The summed E-state index contributed by atoms with van der Waals surface area (Å²) in [5.74, 6) is 2.47. The molecule has 0 aromatic heterocycles. The van der Waals surface area contributed by atoms with Crippen LogP contribution < -0.4 is 10.1 Å². The third kappa shape index (κ3) is 1.05. The maximum absolute atomic E-state index is 5.70. The predicted octanol–water partition coefficient (Wildman–Crippen LogP) is 1.38. The van der Waals surface area contributed by atoms with Gasteiger partial charge in [0.1, 0.15) is 5.75 Å². The van der Waals surface area contributed by atoms with Crippen LogP contribution in [0.15, 0.2) is 24.3 Å². The van der Waals surface area contributed by atoms with Gasteiger partial charge < -0.3 is 10.1 Å². The Kier molecular flexibility index (Phi) is 1.56. The van der Waals surface area contributed by atoms with Crippen LogP contribution in [0.1, 0.15) is 11.5 Å². The average molecular weight is 175 g/mol. The zero-order valence-electron chi connectivity index (χ0n) is 7.49. The van der Waals surface area contributed by atoms with Crippen molar-refractivity contribution >= 4 is 0 Å². The van der Waals surface area contributed by atoms with Crippen molar-refractivity contribution in [2.45, 2.75) is 5.92 Å². The zero-order chi connectivity index (χ0) is 8.67. The molecule has 1 N–H and O–H groups in total. The van der Waals surface area contributed by atoms with E-state index in [2.05, 4.69) is 23.5 Å². The van der Waals surface area contributed by atoms with Crippen molar-refractivity contribution in [2.24, 2.45) is 5.92 Å². The van der Waals surface area contributed by atoms with Crippen LogP contribution in [0, 0.1) is 5.92 Å². The van der Waals surface area contributed by atoms with E-state index in [1.807, 2.05) is 6.07 Å². The Hall–Kier alpha value is -1.02. The minimum Gasteiger partial charge on any atom is -0.493 e. The molecule has 0 saturated carbocycles. The molecule has 0 aliphatic carbocycles. The van der Waals surface area contributed by atoms with Crippen molar-refractivity contribution in [2.75, 3.05) is 19.7 Å². The van der Waals surface area contributed by atoms with Crippen LogP contribution >= 0.6 is 0 Å². The van der Waals surface area contributed by atoms with Crippen molar-refractivity contribution in [3.63, 3.8) is 0 Å². The molecule has 13 heavy (non-hydrogen) atoms.